The molecule has 11 heteroatoms. The summed E-state index contributed by atoms with van der Waals surface area (Å²) in [5.74, 6) is -6.72. The molecule has 0 aliphatic rings. The van der Waals surface area contributed by atoms with E-state index in [1.807, 2.05) is 0 Å². The molecule has 0 bridgehead atoms. The van der Waals surface area contributed by atoms with Crippen molar-refractivity contribution >= 4 is 34.6 Å². The first-order valence-corrected chi connectivity index (χ1v) is 6.93. The molecule has 0 aliphatic heterocycles. The molecule has 0 amide bonds. The van der Waals surface area contributed by atoms with Crippen molar-refractivity contribution in [1.82, 2.24) is 9.55 Å². The van der Waals surface area contributed by atoms with Gasteiger partial charge in [-0.3, -0.25) is 14.6 Å². The summed E-state index contributed by atoms with van der Waals surface area (Å²) in [6.07, 6.45) is -3.46. The molecule has 1 rings (SSSR count). The number of hydrogen-bond acceptors (Lipinski definition) is 6. The van der Waals surface area contributed by atoms with Gasteiger partial charge in [-0.1, -0.05) is 22.6 Å². The third-order valence-corrected chi connectivity index (χ3v) is 3.00. The second-order valence-corrected chi connectivity index (χ2v) is 4.85. The maximum Gasteiger partial charge on any atom is 0.353 e. The summed E-state index contributed by atoms with van der Waals surface area (Å²) in [6.45, 7) is -1.21. The predicted molar refractivity (Wildman–Crippen MR) is 79.0 cm³/mol. The van der Waals surface area contributed by atoms with E-state index in [-0.39, 0.29) is 10.1 Å². The van der Waals surface area contributed by atoms with Gasteiger partial charge in [0.15, 0.2) is 6.10 Å². The molecule has 1 aromatic heterocycles. The molecule has 0 aromatic carbocycles. The van der Waals surface area contributed by atoms with Crippen LogP contribution in [0.15, 0.2) is 19.9 Å². The van der Waals surface area contributed by atoms with Gasteiger partial charge in [0, 0.05) is 6.20 Å². The molecular weight excluding hydrogens is 421 g/mol. The average molecular weight is 432 g/mol. The quantitative estimate of drug-likeness (QED) is 0.439. The molecule has 0 saturated carbocycles. The van der Waals surface area contributed by atoms with Crippen LogP contribution in [0.2, 0.25) is 0 Å². The second kappa shape index (κ2) is 7.21. The predicted octanol–water partition coefficient (Wildman–Crippen LogP) is -1.07. The number of halogens is 3. The molecule has 122 valence electrons. The lowest BCUT2D eigenvalue weighted by Gasteiger charge is -2.24. The van der Waals surface area contributed by atoms with Gasteiger partial charge in [0.1, 0.15) is 6.10 Å². The number of aliphatic hydroxyl groups is 3. The Morgan fingerprint density at radius 1 is 1.45 bits per heavy atom. The van der Waals surface area contributed by atoms with E-state index in [1.54, 1.807) is 27.6 Å². The highest BCUT2D eigenvalue weighted by molar-refractivity contribution is 14.1. The van der Waals surface area contributed by atoms with E-state index in [9.17, 15) is 28.3 Å². The number of alkyl halides is 2. The summed E-state index contributed by atoms with van der Waals surface area (Å²) in [5.41, 5.74) is -2.55. The molecule has 22 heavy (non-hydrogen) atoms. The van der Waals surface area contributed by atoms with E-state index in [1.165, 1.54) is 10.2 Å². The zero-order valence-electron chi connectivity index (χ0n) is 10.7. The van der Waals surface area contributed by atoms with Gasteiger partial charge < -0.3 is 15.3 Å². The van der Waals surface area contributed by atoms with Crippen LogP contribution in [0.1, 0.15) is 10.4 Å². The fraction of sp³-hybridized carbons (Fsp3) is 0.364. The Bertz CT molecular complexity index is 699. The molecule has 2 atom stereocenters. The standard InChI is InChI=1S/C11H11F2IN2O6/c12-11(13,7(19)6(18)4-17)9(21)16-3-5(1-2-14)8(20)15-10(16)22/h1-3,6-7,17-19H,4H2,(H,15,20,22)/t6-,7+/m1/s1. The third-order valence-electron chi connectivity index (χ3n) is 2.64. The van der Waals surface area contributed by atoms with Gasteiger partial charge in [-0.2, -0.15) is 8.78 Å². The molecule has 0 aliphatic carbocycles. The van der Waals surface area contributed by atoms with Gasteiger partial charge >= 0.3 is 17.5 Å². The van der Waals surface area contributed by atoms with Crippen LogP contribution in [0, 0.1) is 0 Å². The van der Waals surface area contributed by atoms with Crippen LogP contribution in [-0.2, 0) is 0 Å². The summed E-state index contributed by atoms with van der Waals surface area (Å²) in [5, 5.41) is 26.8. The zero-order chi connectivity index (χ0) is 17.1. The van der Waals surface area contributed by atoms with Crippen LogP contribution in [-0.4, -0.2) is 55.5 Å². The van der Waals surface area contributed by atoms with Crippen molar-refractivity contribution in [3.8, 4) is 0 Å². The fourth-order valence-electron chi connectivity index (χ4n) is 1.45. The molecule has 1 aromatic rings. The van der Waals surface area contributed by atoms with Gasteiger partial charge in [0.2, 0.25) is 0 Å². The number of nitrogens with one attached hydrogen (secondary N) is 1. The maximum absolute atomic E-state index is 13.8. The van der Waals surface area contributed by atoms with Crippen molar-refractivity contribution in [3.63, 3.8) is 0 Å². The molecule has 1 heterocycles. The topological polar surface area (TPSA) is 133 Å². The van der Waals surface area contributed by atoms with Crippen LogP contribution < -0.4 is 11.2 Å². The van der Waals surface area contributed by atoms with Crippen LogP contribution in [0.25, 0.3) is 6.08 Å². The number of hydrogen-bond donors (Lipinski definition) is 4. The Hall–Kier alpha value is -1.44. The first-order valence-electron chi connectivity index (χ1n) is 5.69. The Balaban J connectivity index is 3.36. The monoisotopic (exact) mass is 432 g/mol. The fourth-order valence-corrected chi connectivity index (χ4v) is 1.84. The van der Waals surface area contributed by atoms with Gasteiger partial charge in [-0.25, -0.2) is 9.36 Å². The van der Waals surface area contributed by atoms with Crippen molar-refractivity contribution in [1.29, 1.82) is 0 Å². The highest BCUT2D eigenvalue weighted by atomic mass is 127. The third kappa shape index (κ3) is 3.66. The van der Waals surface area contributed by atoms with Gasteiger partial charge in [-0.05, 0) is 10.2 Å². The summed E-state index contributed by atoms with van der Waals surface area (Å²) < 4.78 is 28.8. The molecule has 0 fully saturated rings. The number of H-pyrrole nitrogens is 1. The summed E-state index contributed by atoms with van der Waals surface area (Å²) in [4.78, 5) is 36.3. The van der Waals surface area contributed by atoms with Crippen LogP contribution in [0.4, 0.5) is 8.78 Å². The summed E-state index contributed by atoms with van der Waals surface area (Å²) in [7, 11) is 0. The Kier molecular flexibility index (Phi) is 6.10. The lowest BCUT2D eigenvalue weighted by molar-refractivity contribution is -0.136. The second-order valence-electron chi connectivity index (χ2n) is 4.13. The summed E-state index contributed by atoms with van der Waals surface area (Å²) in [6, 6.07) is 0. The molecule has 0 saturated heterocycles. The van der Waals surface area contributed by atoms with Crippen molar-refractivity contribution in [2.24, 2.45) is 0 Å². The SMILES string of the molecule is O=C(n1cc(C=CI)c(=O)[nH]c1=O)C(F)(F)[C@@H](O)[C@H](O)CO. The normalized spacial score (nSPS) is 15.0. The number of aromatic nitrogens is 2. The summed E-state index contributed by atoms with van der Waals surface area (Å²) >= 11 is 1.73. The highest BCUT2D eigenvalue weighted by Gasteiger charge is 2.50. The number of aromatic amines is 1. The van der Waals surface area contributed by atoms with Gasteiger partial charge in [0.05, 0.1) is 12.2 Å². The molecule has 0 spiro atoms. The minimum absolute atomic E-state index is 0.0827. The Labute approximate surface area is 134 Å². The Morgan fingerprint density at radius 3 is 2.55 bits per heavy atom. The van der Waals surface area contributed by atoms with E-state index in [0.717, 1.165) is 0 Å². The minimum Gasteiger partial charge on any atom is -0.394 e. The van der Waals surface area contributed by atoms with Crippen molar-refractivity contribution in [2.75, 3.05) is 6.61 Å². The van der Waals surface area contributed by atoms with Gasteiger partial charge in [-0.15, -0.1) is 0 Å². The van der Waals surface area contributed by atoms with E-state index < -0.39 is 41.9 Å². The molecule has 8 nitrogen and oxygen atoms in total. The van der Waals surface area contributed by atoms with E-state index in [2.05, 4.69) is 0 Å². The lowest BCUT2D eigenvalue weighted by Crippen LogP contribution is -2.53. The van der Waals surface area contributed by atoms with E-state index in [4.69, 9.17) is 10.2 Å². The van der Waals surface area contributed by atoms with Crippen molar-refractivity contribution < 1.29 is 28.9 Å². The molecule has 0 radical (unpaired) electrons. The molecule has 4 N–H and O–H groups in total. The average Bonchev–Trinajstić information content (AvgIpc) is 2.47. The highest BCUT2D eigenvalue weighted by Crippen LogP contribution is 2.23. The maximum atomic E-state index is 13.8. The van der Waals surface area contributed by atoms with E-state index in [0.29, 0.717) is 6.20 Å². The molecular formula is C11H11F2IN2O6. The van der Waals surface area contributed by atoms with Gasteiger partial charge in [0.25, 0.3) is 5.56 Å². The first kappa shape index (κ1) is 18.6. The van der Waals surface area contributed by atoms with Crippen LogP contribution in [0.3, 0.4) is 0 Å². The Morgan fingerprint density at radius 2 is 2.05 bits per heavy atom. The largest absolute Gasteiger partial charge is 0.394 e. The zero-order valence-corrected chi connectivity index (χ0v) is 12.9. The first-order chi connectivity index (χ1) is 10.2. The number of carbonyl (C=O) groups is 1. The van der Waals surface area contributed by atoms with Crippen LogP contribution in [0.5, 0.6) is 0 Å². The molecule has 0 unspecified atom stereocenters. The number of aliphatic hydroxyl groups excluding tert-OH is 3. The number of rotatable bonds is 5. The van der Waals surface area contributed by atoms with Crippen LogP contribution >= 0.6 is 22.6 Å². The van der Waals surface area contributed by atoms with Crippen molar-refractivity contribution in [3.05, 3.63) is 36.7 Å². The van der Waals surface area contributed by atoms with E-state index >= 15 is 0 Å². The minimum atomic E-state index is -4.56. The number of nitrogens with zero attached hydrogens (tertiary/aromatic N) is 1. The van der Waals surface area contributed by atoms with Crippen molar-refractivity contribution in [2.45, 2.75) is 18.1 Å². The smallest absolute Gasteiger partial charge is 0.353 e. The number of carbonyl (C=O) groups excluding carboxylic acids is 1. The lowest BCUT2D eigenvalue weighted by atomic mass is 10.1.